The Morgan fingerprint density at radius 2 is 1.76 bits per heavy atom. The Kier molecular flexibility index (Phi) is 4.28. The van der Waals surface area contributed by atoms with Gasteiger partial charge in [0.05, 0.1) is 15.8 Å². The lowest BCUT2D eigenvalue weighted by molar-refractivity contribution is -0.137. The molecule has 2 aromatic heterocycles. The fourth-order valence-electron chi connectivity index (χ4n) is 1.97. The van der Waals surface area contributed by atoms with Crippen molar-refractivity contribution < 1.29 is 22.0 Å². The average Bonchev–Trinajstić information content (AvgIpc) is 2.85. The summed E-state index contributed by atoms with van der Waals surface area (Å²) >= 11 is 6.56. The van der Waals surface area contributed by atoms with Gasteiger partial charge in [0, 0.05) is 13.0 Å². The maximum absolute atomic E-state index is 13.4. The molecule has 11 heteroatoms. The quantitative estimate of drug-likeness (QED) is 0.463. The van der Waals surface area contributed by atoms with Crippen LogP contribution in [-0.4, -0.2) is 15.0 Å². The third-order valence-corrected chi connectivity index (χ3v) is 4.20. The second kappa shape index (κ2) is 6.03. The minimum atomic E-state index is -4.46. The predicted octanol–water partition coefficient (Wildman–Crippen LogP) is 5.61. The summed E-state index contributed by atoms with van der Waals surface area (Å²) in [6.45, 7) is 0.659. The zero-order valence-electron chi connectivity index (χ0n) is 12.3. The van der Waals surface area contributed by atoms with Gasteiger partial charge in [-0.25, -0.2) is 15.0 Å². The fraction of sp³-hybridized carbons (Fsp3) is 0.214. The van der Waals surface area contributed by atoms with Gasteiger partial charge in [-0.3, -0.25) is 0 Å². The lowest BCUT2D eigenvalue weighted by atomic mass is 10.2. The second-order valence-corrected chi connectivity index (χ2v) is 6.49. The highest BCUT2D eigenvalue weighted by molar-refractivity contribution is 7.22. The molecule has 132 valence electrons. The molecule has 4 nitrogen and oxygen atoms in total. The molecule has 0 aliphatic heterocycles. The highest BCUT2D eigenvalue weighted by Gasteiger charge is 2.31. The van der Waals surface area contributed by atoms with Gasteiger partial charge >= 0.3 is 6.18 Å². The third kappa shape index (κ3) is 3.96. The van der Waals surface area contributed by atoms with Crippen molar-refractivity contribution in [1.29, 1.82) is 0 Å². The Morgan fingerprint density at radius 3 is 2.40 bits per heavy atom. The number of fused-ring (bicyclic) bond motifs is 1. The maximum Gasteiger partial charge on any atom is 0.416 e. The molecule has 0 radical (unpaired) electrons. The Morgan fingerprint density at radius 1 is 1.04 bits per heavy atom. The van der Waals surface area contributed by atoms with Gasteiger partial charge in [-0.05, 0) is 29.8 Å². The van der Waals surface area contributed by atoms with Crippen LogP contribution in [0.4, 0.5) is 32.9 Å². The minimum absolute atomic E-state index is 0.0355. The molecule has 2 heterocycles. The van der Waals surface area contributed by atoms with Gasteiger partial charge in [0.15, 0.2) is 5.13 Å². The zero-order chi connectivity index (χ0) is 18.4. The number of anilines is 2. The monoisotopic (exact) mass is 394 g/mol. The van der Waals surface area contributed by atoms with Gasteiger partial charge in [-0.2, -0.15) is 22.0 Å². The molecule has 25 heavy (non-hydrogen) atoms. The number of hydrogen-bond acceptors (Lipinski definition) is 5. The topological polar surface area (TPSA) is 50.7 Å². The van der Waals surface area contributed by atoms with E-state index in [4.69, 9.17) is 11.6 Å². The zero-order valence-corrected chi connectivity index (χ0v) is 13.9. The highest BCUT2D eigenvalue weighted by Crippen LogP contribution is 2.35. The summed E-state index contributed by atoms with van der Waals surface area (Å²) in [6, 6.07) is 4.12. The van der Waals surface area contributed by atoms with Crippen molar-refractivity contribution in [3.05, 3.63) is 40.8 Å². The third-order valence-electron chi connectivity index (χ3n) is 3.10. The molecule has 1 N–H and O–H groups in total. The molecular weight excluding hydrogens is 387 g/mol. The van der Waals surface area contributed by atoms with E-state index in [2.05, 4.69) is 20.3 Å². The van der Waals surface area contributed by atoms with E-state index in [1.807, 2.05) is 0 Å². The molecule has 1 aromatic carbocycles. The Labute approximate surface area is 146 Å². The van der Waals surface area contributed by atoms with Gasteiger partial charge in [0.1, 0.15) is 11.5 Å². The Hall–Kier alpha value is -2.07. The van der Waals surface area contributed by atoms with E-state index in [0.717, 1.165) is 29.5 Å². The van der Waals surface area contributed by atoms with Gasteiger partial charge in [-0.15, -0.1) is 0 Å². The number of rotatable bonds is 3. The largest absolute Gasteiger partial charge is 0.416 e. The summed E-state index contributed by atoms with van der Waals surface area (Å²) in [6.07, 6.45) is -4.46. The SMILES string of the molecule is CC(F)(F)c1cc(Nc2nc3ccc(C(F)(F)F)cc3s2)nc(Cl)n1. The van der Waals surface area contributed by atoms with Crippen LogP contribution in [-0.2, 0) is 12.1 Å². The first kappa shape index (κ1) is 17.7. The summed E-state index contributed by atoms with van der Waals surface area (Å²) < 4.78 is 65.3. The van der Waals surface area contributed by atoms with Crippen LogP contribution in [0.2, 0.25) is 5.28 Å². The molecule has 0 aliphatic carbocycles. The number of alkyl halides is 5. The molecule has 0 spiro atoms. The van der Waals surface area contributed by atoms with Crippen LogP contribution in [0, 0.1) is 0 Å². The molecule has 3 aromatic rings. The van der Waals surface area contributed by atoms with Crippen LogP contribution in [0.25, 0.3) is 10.2 Å². The molecule has 0 unspecified atom stereocenters. The predicted molar refractivity (Wildman–Crippen MR) is 84.5 cm³/mol. The molecule has 0 fully saturated rings. The first-order valence-electron chi connectivity index (χ1n) is 6.70. The summed E-state index contributed by atoms with van der Waals surface area (Å²) in [5.41, 5.74) is -1.05. The van der Waals surface area contributed by atoms with Crippen LogP contribution in [0.1, 0.15) is 18.2 Å². The van der Waals surface area contributed by atoms with Gasteiger partial charge in [-0.1, -0.05) is 11.3 Å². The smallest absolute Gasteiger partial charge is 0.316 e. The summed E-state index contributed by atoms with van der Waals surface area (Å²) in [5, 5.41) is 2.46. The van der Waals surface area contributed by atoms with E-state index >= 15 is 0 Å². The number of nitrogens with one attached hydrogen (secondary N) is 1. The lowest BCUT2D eigenvalue weighted by Gasteiger charge is -2.11. The van der Waals surface area contributed by atoms with Crippen LogP contribution in [0.15, 0.2) is 24.3 Å². The van der Waals surface area contributed by atoms with E-state index in [1.165, 1.54) is 6.07 Å². The van der Waals surface area contributed by atoms with Crippen LogP contribution in [0.5, 0.6) is 0 Å². The molecule has 0 atom stereocenters. The highest BCUT2D eigenvalue weighted by atomic mass is 35.5. The Balaban J connectivity index is 1.95. The standard InChI is InChI=1S/C14H8ClF5N4S/c1-13(16,17)9-5-10(23-11(15)22-9)24-12-21-7-3-2-6(14(18,19)20)4-8(7)25-12/h2-5H,1H3,(H,21,22,23,24). The van der Waals surface area contributed by atoms with E-state index in [0.29, 0.717) is 17.1 Å². The lowest BCUT2D eigenvalue weighted by Crippen LogP contribution is -2.11. The molecule has 0 bridgehead atoms. The first-order chi connectivity index (χ1) is 11.5. The minimum Gasteiger partial charge on any atom is -0.316 e. The number of hydrogen-bond donors (Lipinski definition) is 1. The van der Waals surface area contributed by atoms with Crippen LogP contribution >= 0.6 is 22.9 Å². The normalized spacial score (nSPS) is 12.6. The van der Waals surface area contributed by atoms with Gasteiger partial charge in [0.25, 0.3) is 5.92 Å². The number of thiazole rings is 1. The number of benzene rings is 1. The second-order valence-electron chi connectivity index (χ2n) is 5.12. The van der Waals surface area contributed by atoms with Gasteiger partial charge in [0.2, 0.25) is 5.28 Å². The molecule has 3 rings (SSSR count). The first-order valence-corrected chi connectivity index (χ1v) is 7.89. The van der Waals surface area contributed by atoms with E-state index in [9.17, 15) is 22.0 Å². The van der Waals surface area contributed by atoms with Crippen molar-refractivity contribution in [2.45, 2.75) is 19.0 Å². The van der Waals surface area contributed by atoms with E-state index < -0.39 is 23.4 Å². The van der Waals surface area contributed by atoms with Gasteiger partial charge < -0.3 is 5.32 Å². The summed E-state index contributed by atoms with van der Waals surface area (Å²) in [5.74, 6) is -3.26. The fourth-order valence-corrected chi connectivity index (χ4v) is 3.06. The van der Waals surface area contributed by atoms with Crippen molar-refractivity contribution in [2.75, 3.05) is 5.32 Å². The Bertz CT molecular complexity index is 935. The van der Waals surface area contributed by atoms with Crippen molar-refractivity contribution >= 4 is 44.1 Å². The van der Waals surface area contributed by atoms with Crippen molar-refractivity contribution in [3.63, 3.8) is 0 Å². The number of nitrogens with zero attached hydrogens (tertiary/aromatic N) is 3. The van der Waals surface area contributed by atoms with Crippen molar-refractivity contribution in [2.24, 2.45) is 0 Å². The average molecular weight is 395 g/mol. The number of halogens is 6. The maximum atomic E-state index is 13.4. The van der Waals surface area contributed by atoms with Crippen LogP contribution in [0.3, 0.4) is 0 Å². The summed E-state index contributed by atoms with van der Waals surface area (Å²) in [7, 11) is 0. The summed E-state index contributed by atoms with van der Waals surface area (Å²) in [4.78, 5) is 11.3. The molecule has 0 saturated carbocycles. The number of aromatic nitrogens is 3. The van der Waals surface area contributed by atoms with E-state index in [-0.39, 0.29) is 16.2 Å². The van der Waals surface area contributed by atoms with Crippen molar-refractivity contribution in [3.8, 4) is 0 Å². The van der Waals surface area contributed by atoms with Crippen LogP contribution < -0.4 is 5.32 Å². The molecular formula is C14H8ClF5N4S. The molecule has 0 aliphatic rings. The van der Waals surface area contributed by atoms with E-state index in [1.54, 1.807) is 0 Å². The van der Waals surface area contributed by atoms with Crippen molar-refractivity contribution in [1.82, 2.24) is 15.0 Å². The molecule has 0 saturated heterocycles. The molecule has 0 amide bonds.